The second-order valence-electron chi connectivity index (χ2n) is 7.50. The summed E-state index contributed by atoms with van der Waals surface area (Å²) in [4.78, 5) is 2.18. The van der Waals surface area contributed by atoms with Crippen molar-refractivity contribution in [2.24, 2.45) is 0 Å². The van der Waals surface area contributed by atoms with E-state index in [1.807, 2.05) is 0 Å². The van der Waals surface area contributed by atoms with Gasteiger partial charge < -0.3 is 4.90 Å². The topological polar surface area (TPSA) is 6.25 Å². The van der Waals surface area contributed by atoms with Crippen molar-refractivity contribution in [1.82, 2.24) is 0 Å². The lowest BCUT2D eigenvalue weighted by atomic mass is 9.65. The number of anilines is 1. The number of hydrogen-bond acceptors (Lipinski definition) is 1. The van der Waals surface area contributed by atoms with Crippen molar-refractivity contribution >= 4 is 17.0 Å². The molecule has 2 aliphatic rings. The SMILES string of the molecule is C.CC1=C2C=CC(=[N+](C)C)C=C2C(C)(C)c2cc(N(C)C)ccc21. The zero-order valence-corrected chi connectivity index (χ0v) is 15.4. The third kappa shape index (κ3) is 2.64. The molecule has 24 heavy (non-hydrogen) atoms. The molecule has 1 aromatic rings. The standard InChI is InChI=1S/C21H27N2.CH4/c1-14-17-10-8-15(22(4)5)12-19(17)21(2,3)20-13-16(23(6)7)9-11-18(14)20;/h8-13H,1-7H3;1H4/q+1;. The van der Waals surface area contributed by atoms with Crippen LogP contribution in [-0.4, -0.2) is 38.5 Å². The Bertz CT molecular complexity index is 795. The van der Waals surface area contributed by atoms with E-state index in [1.54, 1.807) is 0 Å². The molecule has 1 aromatic carbocycles. The van der Waals surface area contributed by atoms with Crippen LogP contribution >= 0.6 is 0 Å². The second-order valence-corrected chi connectivity index (χ2v) is 7.50. The lowest BCUT2D eigenvalue weighted by molar-refractivity contribution is -0.462. The molecular formula is C22H31N2+. The van der Waals surface area contributed by atoms with Crippen molar-refractivity contribution in [2.45, 2.75) is 33.6 Å². The molecule has 0 aromatic heterocycles. The number of rotatable bonds is 1. The summed E-state index contributed by atoms with van der Waals surface area (Å²) in [6.07, 6.45) is 6.85. The minimum atomic E-state index is 0. The van der Waals surface area contributed by atoms with Crippen LogP contribution in [0.1, 0.15) is 39.3 Å². The maximum Gasteiger partial charge on any atom is 0.199 e. The van der Waals surface area contributed by atoms with Crippen LogP contribution < -0.4 is 4.90 Å². The van der Waals surface area contributed by atoms with Gasteiger partial charge in [-0.1, -0.05) is 27.3 Å². The van der Waals surface area contributed by atoms with Gasteiger partial charge in [0.2, 0.25) is 0 Å². The van der Waals surface area contributed by atoms with Crippen LogP contribution in [0.4, 0.5) is 5.69 Å². The highest BCUT2D eigenvalue weighted by molar-refractivity contribution is 6.05. The summed E-state index contributed by atoms with van der Waals surface area (Å²) >= 11 is 0. The summed E-state index contributed by atoms with van der Waals surface area (Å²) in [6.45, 7) is 6.93. The molecule has 3 rings (SSSR count). The molecule has 0 spiro atoms. The van der Waals surface area contributed by atoms with Crippen molar-refractivity contribution < 1.29 is 4.58 Å². The minimum Gasteiger partial charge on any atom is -0.378 e. The predicted octanol–water partition coefficient (Wildman–Crippen LogP) is 4.66. The molecule has 0 bridgehead atoms. The summed E-state index contributed by atoms with van der Waals surface area (Å²) < 4.78 is 2.18. The number of benzene rings is 1. The fourth-order valence-electron chi connectivity index (χ4n) is 3.60. The Morgan fingerprint density at radius 2 is 1.71 bits per heavy atom. The third-order valence-corrected chi connectivity index (χ3v) is 5.19. The van der Waals surface area contributed by atoms with E-state index >= 15 is 0 Å². The molecule has 2 nitrogen and oxygen atoms in total. The lowest BCUT2D eigenvalue weighted by Crippen LogP contribution is -2.30. The van der Waals surface area contributed by atoms with Gasteiger partial charge in [0.25, 0.3) is 0 Å². The van der Waals surface area contributed by atoms with E-state index in [2.05, 4.69) is 94.9 Å². The molecule has 0 N–H and O–H groups in total. The van der Waals surface area contributed by atoms with Crippen LogP contribution in [0, 0.1) is 0 Å². The van der Waals surface area contributed by atoms with Crippen LogP contribution in [0.25, 0.3) is 5.57 Å². The minimum absolute atomic E-state index is 0. The Morgan fingerprint density at radius 1 is 1.04 bits per heavy atom. The summed E-state index contributed by atoms with van der Waals surface area (Å²) in [7, 11) is 8.41. The zero-order chi connectivity index (χ0) is 16.9. The Hall–Kier alpha value is -2.09. The molecule has 0 heterocycles. The smallest absolute Gasteiger partial charge is 0.199 e. The van der Waals surface area contributed by atoms with Crippen LogP contribution in [0.2, 0.25) is 0 Å². The average Bonchev–Trinajstić information content (AvgIpc) is 2.51. The molecular weight excluding hydrogens is 292 g/mol. The number of allylic oxidation sites excluding steroid dienone is 6. The molecule has 0 saturated carbocycles. The number of hydrogen-bond donors (Lipinski definition) is 0. The Kier molecular flexibility index (Phi) is 4.63. The van der Waals surface area contributed by atoms with Crippen LogP contribution in [-0.2, 0) is 5.41 Å². The third-order valence-electron chi connectivity index (χ3n) is 5.19. The fraction of sp³-hybridized carbons (Fsp3) is 0.409. The van der Waals surface area contributed by atoms with Crippen molar-refractivity contribution in [3.05, 3.63) is 58.7 Å². The van der Waals surface area contributed by atoms with Gasteiger partial charge in [-0.25, -0.2) is 4.58 Å². The summed E-state index contributed by atoms with van der Waals surface area (Å²) in [5.74, 6) is 0. The molecule has 0 amide bonds. The van der Waals surface area contributed by atoms with Crippen LogP contribution in [0.15, 0.2) is 47.6 Å². The van der Waals surface area contributed by atoms with Crippen molar-refractivity contribution in [1.29, 1.82) is 0 Å². The van der Waals surface area contributed by atoms with Crippen molar-refractivity contribution in [2.75, 3.05) is 33.1 Å². The van der Waals surface area contributed by atoms with E-state index in [-0.39, 0.29) is 12.8 Å². The quantitative estimate of drug-likeness (QED) is 0.681. The van der Waals surface area contributed by atoms with E-state index in [0.717, 1.165) is 0 Å². The van der Waals surface area contributed by atoms with E-state index in [0.29, 0.717) is 0 Å². The Balaban J connectivity index is 0.00000208. The first kappa shape index (κ1) is 18.3. The van der Waals surface area contributed by atoms with Crippen molar-refractivity contribution in [3.63, 3.8) is 0 Å². The predicted molar refractivity (Wildman–Crippen MR) is 107 cm³/mol. The Labute approximate surface area is 147 Å². The highest BCUT2D eigenvalue weighted by atomic mass is 15.1. The van der Waals surface area contributed by atoms with E-state index in [9.17, 15) is 0 Å². The number of nitrogens with zero attached hydrogens (tertiary/aromatic N) is 2. The molecule has 0 aliphatic heterocycles. The maximum absolute atomic E-state index is 2.35. The van der Waals surface area contributed by atoms with Gasteiger partial charge in [-0.15, -0.1) is 0 Å². The van der Waals surface area contributed by atoms with Crippen LogP contribution in [0.3, 0.4) is 0 Å². The lowest BCUT2D eigenvalue weighted by Gasteiger charge is -2.38. The van der Waals surface area contributed by atoms with Crippen molar-refractivity contribution in [3.8, 4) is 0 Å². The first-order valence-electron chi connectivity index (χ1n) is 8.21. The summed E-state index contributed by atoms with van der Waals surface area (Å²) in [5.41, 5.74) is 9.51. The van der Waals surface area contributed by atoms with E-state index in [1.165, 1.54) is 39.2 Å². The first-order valence-corrected chi connectivity index (χ1v) is 8.21. The van der Waals surface area contributed by atoms with Gasteiger partial charge in [0.15, 0.2) is 5.71 Å². The van der Waals surface area contributed by atoms with Gasteiger partial charge in [0.05, 0.1) is 0 Å². The zero-order valence-electron chi connectivity index (χ0n) is 15.4. The first-order chi connectivity index (χ1) is 10.7. The molecule has 128 valence electrons. The summed E-state index contributed by atoms with van der Waals surface area (Å²) in [5, 5.41) is 0. The maximum atomic E-state index is 2.35. The normalized spacial score (nSPS) is 17.6. The van der Waals surface area contributed by atoms with Gasteiger partial charge in [0.1, 0.15) is 14.1 Å². The van der Waals surface area contributed by atoms with E-state index < -0.39 is 0 Å². The Morgan fingerprint density at radius 3 is 2.29 bits per heavy atom. The molecule has 2 aliphatic carbocycles. The summed E-state index contributed by atoms with van der Waals surface area (Å²) in [6, 6.07) is 6.85. The van der Waals surface area contributed by atoms with Gasteiger partial charge in [-0.2, -0.15) is 0 Å². The molecule has 0 radical (unpaired) electrons. The fourth-order valence-corrected chi connectivity index (χ4v) is 3.60. The number of fused-ring (bicyclic) bond motifs is 2. The molecule has 0 unspecified atom stereocenters. The molecule has 0 atom stereocenters. The monoisotopic (exact) mass is 323 g/mol. The van der Waals surface area contributed by atoms with Crippen LogP contribution in [0.5, 0.6) is 0 Å². The second kappa shape index (κ2) is 6.08. The highest BCUT2D eigenvalue weighted by Gasteiger charge is 2.37. The van der Waals surface area contributed by atoms with Gasteiger partial charge >= 0.3 is 0 Å². The largest absolute Gasteiger partial charge is 0.378 e. The van der Waals surface area contributed by atoms with Gasteiger partial charge in [-0.05, 0) is 53.0 Å². The molecule has 0 fully saturated rings. The molecule has 2 heteroatoms. The van der Waals surface area contributed by atoms with E-state index in [4.69, 9.17) is 0 Å². The van der Waals surface area contributed by atoms with Gasteiger partial charge in [0, 0.05) is 37.3 Å². The average molecular weight is 324 g/mol. The van der Waals surface area contributed by atoms with Gasteiger partial charge in [-0.3, -0.25) is 0 Å². The molecule has 0 saturated heterocycles. The highest BCUT2D eigenvalue weighted by Crippen LogP contribution is 2.48.